The Hall–Kier alpha value is -1.26. The minimum atomic E-state index is 0.521. The summed E-state index contributed by atoms with van der Waals surface area (Å²) in [4.78, 5) is 2.45. The monoisotopic (exact) mass is 278 g/mol. The highest BCUT2D eigenvalue weighted by atomic mass is 16.5. The number of methoxy groups -OCH3 is 1. The fraction of sp³-hybridized carbons (Fsp3) is 0.625. The second-order valence-electron chi connectivity index (χ2n) is 5.42. The van der Waals surface area contributed by atoms with Crippen LogP contribution >= 0.6 is 0 Å². The van der Waals surface area contributed by atoms with Gasteiger partial charge in [-0.3, -0.25) is 4.90 Å². The van der Waals surface area contributed by atoms with Gasteiger partial charge in [0.05, 0.1) is 7.11 Å². The van der Waals surface area contributed by atoms with Crippen molar-refractivity contribution in [2.75, 3.05) is 33.4 Å². The number of likely N-dealkylation sites (tertiary alicyclic amines) is 1. The normalized spacial score (nSPS) is 19.9. The largest absolute Gasteiger partial charge is 0.493 e. The Morgan fingerprint density at radius 1 is 1.30 bits per heavy atom. The van der Waals surface area contributed by atoms with Gasteiger partial charge in [-0.1, -0.05) is 12.5 Å². The molecule has 1 atom stereocenters. The summed E-state index contributed by atoms with van der Waals surface area (Å²) in [6.07, 6.45) is 3.78. The minimum Gasteiger partial charge on any atom is -0.493 e. The SMILES string of the molecule is COc1cc(C)ccc1OCCN1CCCCC1CN. The molecule has 20 heavy (non-hydrogen) atoms. The fourth-order valence-corrected chi connectivity index (χ4v) is 2.79. The van der Waals surface area contributed by atoms with E-state index in [2.05, 4.69) is 4.90 Å². The molecular weight excluding hydrogens is 252 g/mol. The van der Waals surface area contributed by atoms with Gasteiger partial charge in [0, 0.05) is 19.1 Å². The number of piperidine rings is 1. The van der Waals surface area contributed by atoms with Crippen LogP contribution < -0.4 is 15.2 Å². The zero-order chi connectivity index (χ0) is 14.4. The van der Waals surface area contributed by atoms with Gasteiger partial charge in [0.25, 0.3) is 0 Å². The summed E-state index contributed by atoms with van der Waals surface area (Å²) < 4.78 is 11.2. The number of hydrogen-bond acceptors (Lipinski definition) is 4. The molecule has 1 fully saturated rings. The van der Waals surface area contributed by atoms with Gasteiger partial charge >= 0.3 is 0 Å². The zero-order valence-electron chi connectivity index (χ0n) is 12.6. The molecule has 1 heterocycles. The third kappa shape index (κ3) is 3.87. The van der Waals surface area contributed by atoms with Crippen molar-refractivity contribution in [2.24, 2.45) is 5.73 Å². The summed E-state index contributed by atoms with van der Waals surface area (Å²) in [5.41, 5.74) is 7.01. The molecule has 112 valence electrons. The second-order valence-corrected chi connectivity index (χ2v) is 5.42. The van der Waals surface area contributed by atoms with Crippen molar-refractivity contribution in [3.63, 3.8) is 0 Å². The summed E-state index contributed by atoms with van der Waals surface area (Å²) in [6.45, 7) is 5.53. The topological polar surface area (TPSA) is 47.7 Å². The first-order valence-corrected chi connectivity index (χ1v) is 7.46. The van der Waals surface area contributed by atoms with Gasteiger partial charge in [-0.25, -0.2) is 0 Å². The number of aryl methyl sites for hydroxylation is 1. The molecule has 0 radical (unpaired) electrons. The Morgan fingerprint density at radius 2 is 2.15 bits per heavy atom. The van der Waals surface area contributed by atoms with Crippen molar-refractivity contribution in [3.05, 3.63) is 23.8 Å². The van der Waals surface area contributed by atoms with E-state index in [9.17, 15) is 0 Å². The molecule has 2 rings (SSSR count). The molecule has 1 unspecified atom stereocenters. The van der Waals surface area contributed by atoms with Crippen LogP contribution in [0.3, 0.4) is 0 Å². The molecule has 1 aliphatic rings. The number of nitrogens with zero attached hydrogens (tertiary/aromatic N) is 1. The molecule has 0 saturated carbocycles. The average molecular weight is 278 g/mol. The molecule has 4 nitrogen and oxygen atoms in total. The molecule has 1 aromatic carbocycles. The van der Waals surface area contributed by atoms with Crippen molar-refractivity contribution in [2.45, 2.75) is 32.2 Å². The van der Waals surface area contributed by atoms with Gasteiger partial charge in [-0.2, -0.15) is 0 Å². The molecule has 0 amide bonds. The molecule has 1 aromatic rings. The Bertz CT molecular complexity index is 423. The van der Waals surface area contributed by atoms with Crippen LogP contribution in [0.1, 0.15) is 24.8 Å². The van der Waals surface area contributed by atoms with Crippen LogP contribution in [-0.2, 0) is 0 Å². The number of ether oxygens (including phenoxy) is 2. The minimum absolute atomic E-state index is 0.521. The predicted octanol–water partition coefficient (Wildman–Crippen LogP) is 2.20. The summed E-state index contributed by atoms with van der Waals surface area (Å²) in [7, 11) is 1.68. The smallest absolute Gasteiger partial charge is 0.161 e. The quantitative estimate of drug-likeness (QED) is 0.866. The molecule has 0 aromatic heterocycles. The van der Waals surface area contributed by atoms with E-state index < -0.39 is 0 Å². The molecule has 2 N–H and O–H groups in total. The molecule has 4 heteroatoms. The molecule has 0 spiro atoms. The molecule has 1 aliphatic heterocycles. The van der Waals surface area contributed by atoms with Crippen molar-refractivity contribution in [3.8, 4) is 11.5 Å². The van der Waals surface area contributed by atoms with Crippen LogP contribution in [0.5, 0.6) is 11.5 Å². The van der Waals surface area contributed by atoms with E-state index in [1.807, 2.05) is 25.1 Å². The van der Waals surface area contributed by atoms with Crippen LogP contribution in [0.2, 0.25) is 0 Å². The standard InChI is InChI=1S/C16H26N2O2/c1-13-6-7-15(16(11-13)19-2)20-10-9-18-8-4-3-5-14(18)12-17/h6-7,11,14H,3-5,8-10,12,17H2,1-2H3. The predicted molar refractivity (Wildman–Crippen MR) is 81.5 cm³/mol. The lowest BCUT2D eigenvalue weighted by molar-refractivity contribution is 0.126. The maximum atomic E-state index is 5.87. The lowest BCUT2D eigenvalue weighted by Gasteiger charge is -2.34. The lowest BCUT2D eigenvalue weighted by atomic mass is 10.0. The van der Waals surface area contributed by atoms with E-state index in [0.717, 1.165) is 31.1 Å². The zero-order valence-corrected chi connectivity index (χ0v) is 12.6. The van der Waals surface area contributed by atoms with E-state index in [4.69, 9.17) is 15.2 Å². The van der Waals surface area contributed by atoms with Gasteiger partial charge < -0.3 is 15.2 Å². The first kappa shape index (κ1) is 15.1. The van der Waals surface area contributed by atoms with E-state index in [0.29, 0.717) is 12.6 Å². The fourth-order valence-electron chi connectivity index (χ4n) is 2.79. The summed E-state index contributed by atoms with van der Waals surface area (Å²) in [5, 5.41) is 0. The van der Waals surface area contributed by atoms with Crippen LogP contribution in [0, 0.1) is 6.92 Å². The van der Waals surface area contributed by atoms with Gasteiger partial charge in [0.2, 0.25) is 0 Å². The third-order valence-electron chi connectivity index (χ3n) is 3.98. The highest BCUT2D eigenvalue weighted by Gasteiger charge is 2.20. The van der Waals surface area contributed by atoms with E-state index in [-0.39, 0.29) is 0 Å². The van der Waals surface area contributed by atoms with Crippen LogP contribution in [-0.4, -0.2) is 44.3 Å². The van der Waals surface area contributed by atoms with E-state index in [1.165, 1.54) is 24.8 Å². The van der Waals surface area contributed by atoms with Crippen molar-refractivity contribution >= 4 is 0 Å². The Balaban J connectivity index is 1.86. The second kappa shape index (κ2) is 7.50. The number of rotatable bonds is 6. The maximum Gasteiger partial charge on any atom is 0.161 e. The molecule has 0 bridgehead atoms. The van der Waals surface area contributed by atoms with Gasteiger partial charge in [0.1, 0.15) is 6.61 Å². The first-order valence-electron chi connectivity index (χ1n) is 7.46. The summed E-state index contributed by atoms with van der Waals surface area (Å²) in [6, 6.07) is 6.54. The first-order chi connectivity index (χ1) is 9.74. The van der Waals surface area contributed by atoms with Crippen LogP contribution in [0.15, 0.2) is 18.2 Å². The van der Waals surface area contributed by atoms with Crippen molar-refractivity contribution in [1.82, 2.24) is 4.90 Å². The Kier molecular flexibility index (Phi) is 5.68. The summed E-state index contributed by atoms with van der Waals surface area (Å²) >= 11 is 0. The number of hydrogen-bond donors (Lipinski definition) is 1. The third-order valence-corrected chi connectivity index (χ3v) is 3.98. The average Bonchev–Trinajstić information content (AvgIpc) is 2.49. The lowest BCUT2D eigenvalue weighted by Crippen LogP contribution is -2.45. The van der Waals surface area contributed by atoms with E-state index in [1.54, 1.807) is 7.11 Å². The number of benzene rings is 1. The maximum absolute atomic E-state index is 5.87. The van der Waals surface area contributed by atoms with Gasteiger partial charge in [-0.05, 0) is 44.0 Å². The van der Waals surface area contributed by atoms with Crippen LogP contribution in [0.25, 0.3) is 0 Å². The van der Waals surface area contributed by atoms with Crippen molar-refractivity contribution in [1.29, 1.82) is 0 Å². The Labute approximate surface area is 121 Å². The Morgan fingerprint density at radius 3 is 2.90 bits per heavy atom. The van der Waals surface area contributed by atoms with Crippen molar-refractivity contribution < 1.29 is 9.47 Å². The highest BCUT2D eigenvalue weighted by Crippen LogP contribution is 2.27. The van der Waals surface area contributed by atoms with Gasteiger partial charge in [0.15, 0.2) is 11.5 Å². The highest BCUT2D eigenvalue weighted by molar-refractivity contribution is 5.42. The molecule has 0 aliphatic carbocycles. The van der Waals surface area contributed by atoms with Crippen LogP contribution in [0.4, 0.5) is 0 Å². The molecule has 1 saturated heterocycles. The summed E-state index contributed by atoms with van der Waals surface area (Å²) in [5.74, 6) is 1.62. The number of nitrogens with two attached hydrogens (primary N) is 1. The van der Waals surface area contributed by atoms with E-state index >= 15 is 0 Å². The molecular formula is C16H26N2O2. The van der Waals surface area contributed by atoms with Gasteiger partial charge in [-0.15, -0.1) is 0 Å².